The minimum Gasteiger partial charge on any atom is -0.329 e. The zero-order chi connectivity index (χ0) is 13.1. The van der Waals surface area contributed by atoms with Gasteiger partial charge in [0.2, 0.25) is 0 Å². The molecule has 2 aromatic rings. The first-order valence-corrected chi connectivity index (χ1v) is 5.96. The number of halogens is 1. The van der Waals surface area contributed by atoms with Gasteiger partial charge in [-0.1, -0.05) is 42.5 Å². The van der Waals surface area contributed by atoms with Crippen LogP contribution in [0.4, 0.5) is 11.5 Å². The van der Waals surface area contributed by atoms with Gasteiger partial charge in [-0.25, -0.2) is 9.97 Å². The summed E-state index contributed by atoms with van der Waals surface area (Å²) in [6.45, 7) is 5.59. The molecule has 2 rings (SSSR count). The van der Waals surface area contributed by atoms with E-state index < -0.39 is 0 Å². The lowest BCUT2D eigenvalue weighted by Gasteiger charge is -2.21. The summed E-state index contributed by atoms with van der Waals surface area (Å²) in [6, 6.07) is 9.96. The number of aryl methyl sites for hydroxylation is 1. The smallest absolute Gasteiger partial charge is 0.145 e. The molecule has 0 aliphatic heterocycles. The van der Waals surface area contributed by atoms with Crippen LogP contribution in [-0.2, 0) is 0 Å². The summed E-state index contributed by atoms with van der Waals surface area (Å²) in [5.41, 5.74) is 1.78. The maximum atomic E-state index is 6.12. The Kier molecular flexibility index (Phi) is 3.63. The van der Waals surface area contributed by atoms with Crippen molar-refractivity contribution in [3.8, 4) is 0 Å². The second kappa shape index (κ2) is 5.19. The number of benzene rings is 1. The summed E-state index contributed by atoms with van der Waals surface area (Å²) < 4.78 is 0. The van der Waals surface area contributed by atoms with Gasteiger partial charge in [-0.2, -0.15) is 0 Å². The number of nitrogens with zero attached hydrogens (tertiary/aromatic N) is 3. The molecule has 0 N–H and O–H groups in total. The molecule has 0 aliphatic rings. The lowest BCUT2D eigenvalue weighted by Crippen LogP contribution is -2.14. The third kappa shape index (κ3) is 2.36. The molecule has 0 bridgehead atoms. The molecule has 4 heteroatoms. The van der Waals surface area contributed by atoms with Crippen molar-refractivity contribution in [1.82, 2.24) is 9.97 Å². The van der Waals surface area contributed by atoms with Crippen molar-refractivity contribution in [2.24, 2.45) is 0 Å². The number of anilines is 2. The number of aromatic nitrogens is 2. The molecule has 0 fully saturated rings. The molecule has 3 nitrogen and oxygen atoms in total. The average molecular weight is 260 g/mol. The third-order valence-corrected chi connectivity index (χ3v) is 2.94. The SMILES string of the molecule is C=Cc1c(Cl)nc(C)nc1N(C)c1ccccc1. The van der Waals surface area contributed by atoms with Gasteiger partial charge in [-0.15, -0.1) is 0 Å². The molecule has 1 aromatic heterocycles. The standard InChI is InChI=1S/C14H14ClN3/c1-4-12-13(15)16-10(2)17-14(12)18(3)11-8-6-5-7-9-11/h4-9H,1H2,2-3H3. The van der Waals surface area contributed by atoms with E-state index in [-0.39, 0.29) is 0 Å². The molecule has 1 aromatic carbocycles. The van der Waals surface area contributed by atoms with Crippen molar-refractivity contribution in [3.05, 3.63) is 53.5 Å². The lowest BCUT2D eigenvalue weighted by molar-refractivity contribution is 1.01. The number of hydrogen-bond donors (Lipinski definition) is 0. The molecular weight excluding hydrogens is 246 g/mol. The highest BCUT2D eigenvalue weighted by atomic mass is 35.5. The van der Waals surface area contributed by atoms with E-state index in [4.69, 9.17) is 11.6 Å². The van der Waals surface area contributed by atoms with Crippen LogP contribution in [0.2, 0.25) is 5.15 Å². The fourth-order valence-corrected chi connectivity index (χ4v) is 2.02. The number of hydrogen-bond acceptors (Lipinski definition) is 3. The van der Waals surface area contributed by atoms with Gasteiger partial charge in [-0.05, 0) is 19.1 Å². The van der Waals surface area contributed by atoms with Gasteiger partial charge in [0.15, 0.2) is 0 Å². The normalized spacial score (nSPS) is 10.2. The molecule has 0 radical (unpaired) electrons. The fourth-order valence-electron chi connectivity index (χ4n) is 1.74. The number of rotatable bonds is 3. The van der Waals surface area contributed by atoms with Gasteiger partial charge >= 0.3 is 0 Å². The maximum Gasteiger partial charge on any atom is 0.145 e. The van der Waals surface area contributed by atoms with Crippen LogP contribution in [0.1, 0.15) is 11.4 Å². The van der Waals surface area contributed by atoms with Crippen molar-refractivity contribution >= 4 is 29.2 Å². The molecular formula is C14H14ClN3. The Morgan fingerprint density at radius 2 is 1.89 bits per heavy atom. The van der Waals surface area contributed by atoms with Crippen molar-refractivity contribution < 1.29 is 0 Å². The molecule has 0 saturated heterocycles. The van der Waals surface area contributed by atoms with E-state index in [0.29, 0.717) is 11.0 Å². The molecule has 0 unspecified atom stereocenters. The first-order chi connectivity index (χ1) is 8.63. The van der Waals surface area contributed by atoms with Gasteiger partial charge in [0, 0.05) is 12.7 Å². The molecule has 0 amide bonds. The predicted octanol–water partition coefficient (Wildman–Crippen LogP) is 3.85. The number of para-hydroxylation sites is 1. The Balaban J connectivity index is 2.54. The lowest BCUT2D eigenvalue weighted by atomic mass is 10.2. The topological polar surface area (TPSA) is 29.0 Å². The zero-order valence-corrected chi connectivity index (χ0v) is 11.1. The van der Waals surface area contributed by atoms with E-state index >= 15 is 0 Å². The van der Waals surface area contributed by atoms with E-state index in [0.717, 1.165) is 17.1 Å². The quantitative estimate of drug-likeness (QED) is 0.784. The second-order valence-electron chi connectivity index (χ2n) is 3.90. The molecule has 1 heterocycles. The summed E-state index contributed by atoms with van der Waals surface area (Å²) in [5, 5.41) is 0.426. The predicted molar refractivity (Wildman–Crippen MR) is 76.4 cm³/mol. The second-order valence-corrected chi connectivity index (χ2v) is 4.26. The van der Waals surface area contributed by atoms with Crippen molar-refractivity contribution in [3.63, 3.8) is 0 Å². The molecule has 0 spiro atoms. The highest BCUT2D eigenvalue weighted by Gasteiger charge is 2.13. The highest BCUT2D eigenvalue weighted by molar-refractivity contribution is 6.31. The zero-order valence-electron chi connectivity index (χ0n) is 10.4. The van der Waals surface area contributed by atoms with Crippen LogP contribution in [-0.4, -0.2) is 17.0 Å². The summed E-state index contributed by atoms with van der Waals surface area (Å²) in [4.78, 5) is 10.5. The van der Waals surface area contributed by atoms with Gasteiger partial charge in [0.05, 0.1) is 5.56 Å². The van der Waals surface area contributed by atoms with Crippen molar-refractivity contribution in [2.45, 2.75) is 6.92 Å². The van der Waals surface area contributed by atoms with Crippen LogP contribution in [0.3, 0.4) is 0 Å². The summed E-state index contributed by atoms with van der Waals surface area (Å²) >= 11 is 6.12. The van der Waals surface area contributed by atoms with Crippen LogP contribution in [0.5, 0.6) is 0 Å². The molecule has 92 valence electrons. The van der Waals surface area contributed by atoms with Crippen molar-refractivity contribution in [2.75, 3.05) is 11.9 Å². The van der Waals surface area contributed by atoms with Crippen LogP contribution < -0.4 is 4.90 Å². The molecule has 0 aliphatic carbocycles. The van der Waals surface area contributed by atoms with Gasteiger partial charge in [0.25, 0.3) is 0 Å². The largest absolute Gasteiger partial charge is 0.329 e. The summed E-state index contributed by atoms with van der Waals surface area (Å²) in [7, 11) is 1.94. The fraction of sp³-hybridized carbons (Fsp3) is 0.143. The van der Waals surface area contributed by atoms with E-state index in [2.05, 4.69) is 16.5 Å². The van der Waals surface area contributed by atoms with E-state index in [1.54, 1.807) is 6.08 Å². The summed E-state index contributed by atoms with van der Waals surface area (Å²) in [6.07, 6.45) is 1.68. The molecule has 18 heavy (non-hydrogen) atoms. The van der Waals surface area contributed by atoms with E-state index in [1.807, 2.05) is 49.2 Å². The monoisotopic (exact) mass is 259 g/mol. The third-order valence-electron chi connectivity index (χ3n) is 2.66. The Labute approximate surface area is 112 Å². The maximum absolute atomic E-state index is 6.12. The Hall–Kier alpha value is -1.87. The van der Waals surface area contributed by atoms with Gasteiger partial charge in [0.1, 0.15) is 16.8 Å². The van der Waals surface area contributed by atoms with E-state index in [1.165, 1.54) is 0 Å². The minimum atomic E-state index is 0.426. The Morgan fingerprint density at radius 3 is 2.50 bits per heavy atom. The highest BCUT2D eigenvalue weighted by Crippen LogP contribution is 2.29. The van der Waals surface area contributed by atoms with E-state index in [9.17, 15) is 0 Å². The van der Waals surface area contributed by atoms with Crippen LogP contribution >= 0.6 is 11.6 Å². The Morgan fingerprint density at radius 1 is 1.22 bits per heavy atom. The van der Waals surface area contributed by atoms with Crippen molar-refractivity contribution in [1.29, 1.82) is 0 Å². The first kappa shape index (κ1) is 12.6. The van der Waals surface area contributed by atoms with Crippen LogP contribution in [0, 0.1) is 6.92 Å². The molecule has 0 saturated carbocycles. The van der Waals surface area contributed by atoms with Gasteiger partial charge < -0.3 is 4.90 Å². The average Bonchev–Trinajstić information content (AvgIpc) is 2.38. The summed E-state index contributed by atoms with van der Waals surface area (Å²) in [5.74, 6) is 1.40. The minimum absolute atomic E-state index is 0.426. The van der Waals surface area contributed by atoms with Gasteiger partial charge in [-0.3, -0.25) is 0 Å². The van der Waals surface area contributed by atoms with Crippen LogP contribution in [0.15, 0.2) is 36.9 Å². The van der Waals surface area contributed by atoms with Crippen LogP contribution in [0.25, 0.3) is 6.08 Å². The Bertz CT molecular complexity index is 567. The first-order valence-electron chi connectivity index (χ1n) is 5.59. The molecule has 0 atom stereocenters.